The minimum atomic E-state index is 1.13. The van der Waals surface area contributed by atoms with Gasteiger partial charge >= 0.3 is 0 Å². The molecule has 0 saturated heterocycles. The topological polar surface area (TPSA) is 3.24 Å². The summed E-state index contributed by atoms with van der Waals surface area (Å²) in [4.78, 5) is 2.41. The van der Waals surface area contributed by atoms with Crippen molar-refractivity contribution in [3.63, 3.8) is 0 Å². The molecule has 0 atom stereocenters. The zero-order valence-corrected chi connectivity index (χ0v) is 28.1. The molecule has 0 spiro atoms. The maximum atomic E-state index is 2.41. The number of anilines is 3. The van der Waals surface area contributed by atoms with Gasteiger partial charge in [0.05, 0.1) is 5.69 Å². The molecule has 0 aliphatic heterocycles. The summed E-state index contributed by atoms with van der Waals surface area (Å²) in [7, 11) is 0. The third-order valence-electron chi connectivity index (χ3n) is 9.64. The molecular formula is C46H29NS2. The highest BCUT2D eigenvalue weighted by molar-refractivity contribution is 7.26. The number of fused-ring (bicyclic) bond motifs is 7. The van der Waals surface area contributed by atoms with Crippen LogP contribution in [0.1, 0.15) is 0 Å². The van der Waals surface area contributed by atoms with Gasteiger partial charge in [-0.1, -0.05) is 115 Å². The standard InChI is InChI=1S/C46H29NS2/c1-2-10-31(11-3-1)37-12-4-7-15-42(37)47(36-24-25-40-38-13-5-8-16-43(38)49-46(40)29-36)35-22-20-30(21-23-35)32-18-19-33-27-41-39-14-6-9-17-44(39)48-45(41)28-34(33)26-32/h1-29H. The predicted molar refractivity (Wildman–Crippen MR) is 215 cm³/mol. The highest BCUT2D eigenvalue weighted by Crippen LogP contribution is 2.44. The molecule has 8 aromatic carbocycles. The number of benzene rings is 8. The molecule has 3 heteroatoms. The second-order valence-electron chi connectivity index (χ2n) is 12.6. The number of para-hydroxylation sites is 1. The first kappa shape index (κ1) is 28.3. The molecule has 230 valence electrons. The predicted octanol–water partition coefficient (Wildman–Crippen LogP) is 14.4. The maximum Gasteiger partial charge on any atom is 0.0540 e. The van der Waals surface area contributed by atoms with E-state index >= 15 is 0 Å². The second kappa shape index (κ2) is 11.5. The third-order valence-corrected chi connectivity index (χ3v) is 11.9. The Bertz CT molecular complexity index is 2830. The van der Waals surface area contributed by atoms with E-state index < -0.39 is 0 Å². The van der Waals surface area contributed by atoms with Crippen LogP contribution < -0.4 is 4.90 Å². The molecule has 0 bridgehead atoms. The van der Waals surface area contributed by atoms with Crippen molar-refractivity contribution in [3.8, 4) is 22.3 Å². The van der Waals surface area contributed by atoms with Gasteiger partial charge in [0.2, 0.25) is 0 Å². The molecule has 0 aliphatic carbocycles. The molecule has 2 aromatic heterocycles. The molecule has 0 fully saturated rings. The number of nitrogens with zero attached hydrogens (tertiary/aromatic N) is 1. The average molecular weight is 660 g/mol. The molecule has 10 rings (SSSR count). The lowest BCUT2D eigenvalue weighted by molar-refractivity contribution is 1.29. The molecular weight excluding hydrogens is 631 g/mol. The van der Waals surface area contributed by atoms with E-state index in [4.69, 9.17) is 0 Å². The fraction of sp³-hybridized carbons (Fsp3) is 0. The Kier molecular flexibility index (Phi) is 6.61. The van der Waals surface area contributed by atoms with Gasteiger partial charge in [-0.2, -0.15) is 0 Å². The van der Waals surface area contributed by atoms with Crippen molar-refractivity contribution in [2.24, 2.45) is 0 Å². The first-order chi connectivity index (χ1) is 24.3. The minimum Gasteiger partial charge on any atom is -0.310 e. The van der Waals surface area contributed by atoms with Gasteiger partial charge in [0.25, 0.3) is 0 Å². The monoisotopic (exact) mass is 659 g/mol. The summed E-state index contributed by atoms with van der Waals surface area (Å²) in [5, 5.41) is 7.86. The summed E-state index contributed by atoms with van der Waals surface area (Å²) in [5.74, 6) is 0. The van der Waals surface area contributed by atoms with Crippen LogP contribution in [0, 0.1) is 0 Å². The highest BCUT2D eigenvalue weighted by atomic mass is 32.1. The van der Waals surface area contributed by atoms with Gasteiger partial charge < -0.3 is 4.90 Å². The van der Waals surface area contributed by atoms with E-state index in [0.29, 0.717) is 0 Å². The summed E-state index contributed by atoms with van der Waals surface area (Å²) in [5.41, 5.74) is 8.26. The number of hydrogen-bond donors (Lipinski definition) is 0. The van der Waals surface area contributed by atoms with E-state index in [1.807, 2.05) is 22.7 Å². The summed E-state index contributed by atoms with van der Waals surface area (Å²) in [6.45, 7) is 0. The Labute approximate surface area is 292 Å². The Morgan fingerprint density at radius 3 is 1.73 bits per heavy atom. The Morgan fingerprint density at radius 2 is 0.939 bits per heavy atom. The summed E-state index contributed by atoms with van der Waals surface area (Å²) >= 11 is 3.74. The SMILES string of the molecule is c1ccc(-c2ccccc2N(c2ccc(-c3ccc4cc5c(cc4c3)sc3ccccc35)cc2)c2ccc3c(c2)sc2ccccc23)cc1. The van der Waals surface area contributed by atoms with Gasteiger partial charge in [0, 0.05) is 57.3 Å². The van der Waals surface area contributed by atoms with E-state index in [2.05, 4.69) is 181 Å². The zero-order valence-electron chi connectivity index (χ0n) is 26.5. The van der Waals surface area contributed by atoms with Crippen molar-refractivity contribution in [3.05, 3.63) is 176 Å². The van der Waals surface area contributed by atoms with Crippen LogP contribution >= 0.6 is 22.7 Å². The van der Waals surface area contributed by atoms with Gasteiger partial charge in [-0.15, -0.1) is 22.7 Å². The van der Waals surface area contributed by atoms with Crippen LogP contribution in [-0.4, -0.2) is 0 Å². The Morgan fingerprint density at radius 1 is 0.327 bits per heavy atom. The van der Waals surface area contributed by atoms with Crippen LogP contribution in [-0.2, 0) is 0 Å². The van der Waals surface area contributed by atoms with E-state index in [0.717, 1.165) is 17.1 Å². The van der Waals surface area contributed by atoms with Gasteiger partial charge in [-0.3, -0.25) is 0 Å². The lowest BCUT2D eigenvalue weighted by atomic mass is 9.99. The quantitative estimate of drug-likeness (QED) is 0.178. The first-order valence-corrected chi connectivity index (χ1v) is 18.2. The van der Waals surface area contributed by atoms with Crippen molar-refractivity contribution in [1.82, 2.24) is 0 Å². The van der Waals surface area contributed by atoms with Crippen molar-refractivity contribution in [1.29, 1.82) is 0 Å². The fourth-order valence-corrected chi connectivity index (χ4v) is 9.54. The Hall–Kier alpha value is -5.74. The van der Waals surface area contributed by atoms with Gasteiger partial charge in [0.1, 0.15) is 0 Å². The normalized spacial score (nSPS) is 11.7. The van der Waals surface area contributed by atoms with Crippen LogP contribution in [0.2, 0.25) is 0 Å². The fourth-order valence-electron chi connectivity index (χ4n) is 7.26. The van der Waals surface area contributed by atoms with Crippen molar-refractivity contribution < 1.29 is 0 Å². The first-order valence-electron chi connectivity index (χ1n) is 16.6. The summed E-state index contributed by atoms with van der Waals surface area (Å²) in [6, 6.07) is 64.5. The van der Waals surface area contributed by atoms with Crippen molar-refractivity contribution in [2.75, 3.05) is 4.90 Å². The average Bonchev–Trinajstić information content (AvgIpc) is 3.72. The van der Waals surface area contributed by atoms with Crippen molar-refractivity contribution >= 4 is 90.9 Å². The molecule has 49 heavy (non-hydrogen) atoms. The van der Waals surface area contributed by atoms with E-state index in [1.54, 1.807) is 0 Å². The molecule has 0 aliphatic rings. The Balaban J connectivity index is 1.09. The molecule has 0 amide bonds. The molecule has 10 aromatic rings. The van der Waals surface area contributed by atoms with Gasteiger partial charge in [0.15, 0.2) is 0 Å². The highest BCUT2D eigenvalue weighted by Gasteiger charge is 2.18. The van der Waals surface area contributed by atoms with Crippen molar-refractivity contribution in [2.45, 2.75) is 0 Å². The van der Waals surface area contributed by atoms with Crippen LogP contribution in [0.25, 0.3) is 73.4 Å². The van der Waals surface area contributed by atoms with Crippen LogP contribution in [0.15, 0.2) is 176 Å². The number of thiophene rings is 2. The molecule has 0 unspecified atom stereocenters. The minimum absolute atomic E-state index is 1.13. The summed E-state index contributed by atoms with van der Waals surface area (Å²) in [6.07, 6.45) is 0. The van der Waals surface area contributed by atoms with Crippen LogP contribution in [0.3, 0.4) is 0 Å². The molecule has 0 saturated carbocycles. The molecule has 0 N–H and O–H groups in total. The van der Waals surface area contributed by atoms with E-state index in [1.165, 1.54) is 73.4 Å². The smallest absolute Gasteiger partial charge is 0.0540 e. The van der Waals surface area contributed by atoms with Crippen LogP contribution in [0.4, 0.5) is 17.1 Å². The zero-order chi connectivity index (χ0) is 32.3. The molecule has 1 nitrogen and oxygen atoms in total. The summed E-state index contributed by atoms with van der Waals surface area (Å²) < 4.78 is 5.29. The van der Waals surface area contributed by atoms with E-state index in [9.17, 15) is 0 Å². The van der Waals surface area contributed by atoms with Gasteiger partial charge in [-0.25, -0.2) is 0 Å². The number of hydrogen-bond acceptors (Lipinski definition) is 3. The molecule has 0 radical (unpaired) electrons. The number of rotatable bonds is 5. The lowest BCUT2D eigenvalue weighted by Gasteiger charge is -2.28. The maximum absolute atomic E-state index is 2.41. The van der Waals surface area contributed by atoms with Crippen LogP contribution in [0.5, 0.6) is 0 Å². The lowest BCUT2D eigenvalue weighted by Crippen LogP contribution is -2.11. The van der Waals surface area contributed by atoms with Gasteiger partial charge in [-0.05, 0) is 88.1 Å². The third kappa shape index (κ3) is 4.82. The van der Waals surface area contributed by atoms with E-state index in [-0.39, 0.29) is 0 Å². The second-order valence-corrected chi connectivity index (χ2v) is 14.7. The molecule has 2 heterocycles. The largest absolute Gasteiger partial charge is 0.310 e.